The summed E-state index contributed by atoms with van der Waals surface area (Å²) >= 11 is 0. The van der Waals surface area contributed by atoms with Crippen molar-refractivity contribution in [1.29, 1.82) is 0 Å². The number of benzene rings is 2. The third kappa shape index (κ3) is 2.88. The van der Waals surface area contributed by atoms with E-state index in [1.807, 2.05) is 19.1 Å². The second-order valence-electron chi connectivity index (χ2n) is 5.54. The molecule has 2 aromatic carbocycles. The summed E-state index contributed by atoms with van der Waals surface area (Å²) < 4.78 is 11.0. The quantitative estimate of drug-likeness (QED) is 0.726. The van der Waals surface area contributed by atoms with Gasteiger partial charge in [0.05, 0.1) is 7.11 Å². The number of aryl methyl sites for hydroxylation is 1. The Morgan fingerprint density at radius 1 is 1.12 bits per heavy atom. The number of hydrogen-bond acceptors (Lipinski definition) is 4. The summed E-state index contributed by atoms with van der Waals surface area (Å²) in [5.74, 6) is -0.533. The predicted molar refractivity (Wildman–Crippen MR) is 88.7 cm³/mol. The Bertz CT molecular complexity index is 919. The highest BCUT2D eigenvalue weighted by Gasteiger charge is 2.22. The van der Waals surface area contributed by atoms with Crippen LogP contribution in [0.4, 0.5) is 0 Å². The van der Waals surface area contributed by atoms with Crippen molar-refractivity contribution < 1.29 is 23.8 Å². The first-order valence-electron chi connectivity index (χ1n) is 7.42. The van der Waals surface area contributed by atoms with Gasteiger partial charge in [0.15, 0.2) is 0 Å². The van der Waals surface area contributed by atoms with E-state index in [2.05, 4.69) is 0 Å². The van der Waals surface area contributed by atoms with Crippen molar-refractivity contribution in [3.8, 4) is 5.75 Å². The number of hydrogen-bond donors (Lipinski definition) is 1. The highest BCUT2D eigenvalue weighted by Crippen LogP contribution is 2.32. The number of carboxylic acid groups (broad SMARTS) is 1. The molecule has 0 aliphatic rings. The Morgan fingerprint density at radius 2 is 1.83 bits per heavy atom. The van der Waals surface area contributed by atoms with Crippen LogP contribution < -0.4 is 4.74 Å². The summed E-state index contributed by atoms with van der Waals surface area (Å²) in [6.45, 7) is 1.94. The van der Waals surface area contributed by atoms with Gasteiger partial charge < -0.3 is 14.3 Å². The van der Waals surface area contributed by atoms with Gasteiger partial charge in [0.2, 0.25) is 5.78 Å². The number of aliphatic carboxylic acids is 1. The average molecular weight is 324 g/mol. The zero-order valence-electron chi connectivity index (χ0n) is 13.3. The molecule has 0 spiro atoms. The number of ether oxygens (including phenoxy) is 1. The van der Waals surface area contributed by atoms with Crippen LogP contribution in [0.15, 0.2) is 46.9 Å². The van der Waals surface area contributed by atoms with Gasteiger partial charge in [-0.2, -0.15) is 0 Å². The molecule has 0 fully saturated rings. The van der Waals surface area contributed by atoms with E-state index in [9.17, 15) is 9.59 Å². The molecular weight excluding hydrogens is 308 g/mol. The first-order chi connectivity index (χ1) is 11.5. The fourth-order valence-electron chi connectivity index (χ4n) is 2.61. The highest BCUT2D eigenvalue weighted by molar-refractivity contribution is 6.17. The molecule has 0 unspecified atom stereocenters. The molecule has 0 aliphatic carbocycles. The van der Waals surface area contributed by atoms with E-state index in [1.165, 1.54) is 7.11 Å². The van der Waals surface area contributed by atoms with E-state index in [1.54, 1.807) is 30.3 Å². The van der Waals surface area contributed by atoms with Crippen LogP contribution in [-0.2, 0) is 11.2 Å². The van der Waals surface area contributed by atoms with Crippen LogP contribution in [-0.4, -0.2) is 24.0 Å². The Labute approximate surface area is 138 Å². The Morgan fingerprint density at radius 3 is 2.46 bits per heavy atom. The number of fused-ring (bicyclic) bond motifs is 1. The smallest absolute Gasteiger partial charge is 0.311 e. The molecular formula is C19H16O5. The standard InChI is InChI=1S/C19H16O5/c1-11-3-5-12(6-4-11)18(22)17-15(23-2)8-7-13-9-14(10-16(20)21)24-19(13)17/h3-9H,10H2,1-2H3,(H,20,21). The molecule has 0 saturated carbocycles. The average Bonchev–Trinajstić information content (AvgIpc) is 2.95. The summed E-state index contributed by atoms with van der Waals surface area (Å²) in [7, 11) is 1.48. The van der Waals surface area contributed by atoms with Gasteiger partial charge in [0.25, 0.3) is 0 Å². The largest absolute Gasteiger partial charge is 0.496 e. The lowest BCUT2D eigenvalue weighted by atomic mass is 9.99. The van der Waals surface area contributed by atoms with Gasteiger partial charge in [-0.3, -0.25) is 9.59 Å². The van der Waals surface area contributed by atoms with Crippen LogP contribution in [0.1, 0.15) is 27.2 Å². The minimum Gasteiger partial charge on any atom is -0.496 e. The maximum absolute atomic E-state index is 12.9. The third-order valence-corrected chi connectivity index (χ3v) is 3.79. The van der Waals surface area contributed by atoms with Crippen LogP contribution in [0.5, 0.6) is 5.75 Å². The number of ketones is 1. The molecule has 5 heteroatoms. The maximum Gasteiger partial charge on any atom is 0.311 e. The normalized spacial score (nSPS) is 10.8. The van der Waals surface area contributed by atoms with Crippen molar-refractivity contribution in [2.75, 3.05) is 7.11 Å². The lowest BCUT2D eigenvalue weighted by molar-refractivity contribution is -0.136. The van der Waals surface area contributed by atoms with Gasteiger partial charge in [-0.05, 0) is 25.1 Å². The molecule has 1 heterocycles. The molecule has 0 bridgehead atoms. The van der Waals surface area contributed by atoms with Gasteiger partial charge in [-0.15, -0.1) is 0 Å². The van der Waals surface area contributed by atoms with Crippen LogP contribution in [0.25, 0.3) is 11.0 Å². The number of carboxylic acids is 1. The number of furan rings is 1. The molecule has 0 saturated heterocycles. The molecule has 1 aromatic heterocycles. The van der Waals surface area contributed by atoms with Crippen molar-refractivity contribution in [3.63, 3.8) is 0 Å². The topological polar surface area (TPSA) is 76.7 Å². The Kier molecular flexibility index (Phi) is 4.08. The van der Waals surface area contributed by atoms with Gasteiger partial charge in [-0.25, -0.2) is 0 Å². The number of methoxy groups -OCH3 is 1. The third-order valence-electron chi connectivity index (χ3n) is 3.79. The van der Waals surface area contributed by atoms with Gasteiger partial charge in [0, 0.05) is 10.9 Å². The van der Waals surface area contributed by atoms with Crippen molar-refractivity contribution in [3.05, 3.63) is 64.9 Å². The predicted octanol–water partition coefficient (Wildman–Crippen LogP) is 3.61. The highest BCUT2D eigenvalue weighted by atomic mass is 16.5. The first kappa shape index (κ1) is 15.8. The van der Waals surface area contributed by atoms with Crippen molar-refractivity contribution in [1.82, 2.24) is 0 Å². The van der Waals surface area contributed by atoms with Crippen molar-refractivity contribution in [2.45, 2.75) is 13.3 Å². The fraction of sp³-hybridized carbons (Fsp3) is 0.158. The number of carbonyl (C=O) groups is 2. The second kappa shape index (κ2) is 6.20. The van der Waals surface area contributed by atoms with Crippen LogP contribution >= 0.6 is 0 Å². The van der Waals surface area contributed by atoms with Crippen LogP contribution in [0.2, 0.25) is 0 Å². The lowest BCUT2D eigenvalue weighted by Crippen LogP contribution is -2.04. The molecule has 24 heavy (non-hydrogen) atoms. The molecule has 0 amide bonds. The van der Waals surface area contributed by atoms with Gasteiger partial charge >= 0.3 is 5.97 Å². The summed E-state index contributed by atoms with van der Waals surface area (Å²) in [6.07, 6.45) is -0.241. The van der Waals surface area contributed by atoms with E-state index in [-0.39, 0.29) is 12.2 Å². The van der Waals surface area contributed by atoms with Crippen LogP contribution in [0, 0.1) is 6.92 Å². The first-order valence-corrected chi connectivity index (χ1v) is 7.42. The summed E-state index contributed by atoms with van der Waals surface area (Å²) in [5.41, 5.74) is 2.22. The lowest BCUT2D eigenvalue weighted by Gasteiger charge is -2.08. The fourth-order valence-corrected chi connectivity index (χ4v) is 2.61. The number of rotatable bonds is 5. The molecule has 0 atom stereocenters. The van der Waals surface area contributed by atoms with Crippen LogP contribution in [0.3, 0.4) is 0 Å². The molecule has 122 valence electrons. The molecule has 1 N–H and O–H groups in total. The minimum absolute atomic E-state index is 0.228. The summed E-state index contributed by atoms with van der Waals surface area (Å²) in [4.78, 5) is 23.8. The van der Waals surface area contributed by atoms with E-state index >= 15 is 0 Å². The van der Waals surface area contributed by atoms with Gasteiger partial charge in [-0.1, -0.05) is 29.8 Å². The van der Waals surface area contributed by atoms with Gasteiger partial charge in [0.1, 0.15) is 29.1 Å². The summed E-state index contributed by atoms with van der Waals surface area (Å²) in [6, 6.07) is 12.3. The molecule has 3 rings (SSSR count). The zero-order chi connectivity index (χ0) is 17.3. The second-order valence-corrected chi connectivity index (χ2v) is 5.54. The van der Waals surface area contributed by atoms with E-state index in [0.29, 0.717) is 33.6 Å². The van der Waals surface area contributed by atoms with Crippen molar-refractivity contribution in [2.24, 2.45) is 0 Å². The Hall–Kier alpha value is -3.08. The zero-order valence-corrected chi connectivity index (χ0v) is 13.3. The maximum atomic E-state index is 12.9. The number of carbonyl (C=O) groups excluding carboxylic acids is 1. The monoisotopic (exact) mass is 324 g/mol. The van der Waals surface area contributed by atoms with E-state index < -0.39 is 5.97 Å². The van der Waals surface area contributed by atoms with E-state index in [0.717, 1.165) is 5.56 Å². The molecule has 5 nitrogen and oxygen atoms in total. The molecule has 3 aromatic rings. The molecule has 0 aliphatic heterocycles. The SMILES string of the molecule is COc1ccc2cc(CC(=O)O)oc2c1C(=O)c1ccc(C)cc1. The van der Waals surface area contributed by atoms with Crippen molar-refractivity contribution >= 4 is 22.7 Å². The minimum atomic E-state index is -0.993. The van der Waals surface area contributed by atoms with E-state index in [4.69, 9.17) is 14.3 Å². The Balaban J connectivity index is 2.16. The summed E-state index contributed by atoms with van der Waals surface area (Å²) in [5, 5.41) is 9.59. The molecule has 0 radical (unpaired) electrons.